The molecule has 0 aliphatic carbocycles. The third kappa shape index (κ3) is 2.13. The van der Waals surface area contributed by atoms with Crippen molar-refractivity contribution in [3.05, 3.63) is 0 Å². The Morgan fingerprint density at radius 1 is 1.18 bits per heavy atom. The largest absolute Gasteiger partial charge is 0.298 e. The average molecular weight is 260 g/mol. The van der Waals surface area contributed by atoms with Crippen LogP contribution in [0.2, 0.25) is 0 Å². The number of rotatable bonds is 4. The van der Waals surface area contributed by atoms with Gasteiger partial charge in [0.15, 0.2) is 0 Å². The second-order valence-corrected chi connectivity index (χ2v) is 7.94. The molecule has 4 nitrogen and oxygen atoms in total. The fourth-order valence-electron chi connectivity index (χ4n) is 2.86. The molecule has 2 bridgehead atoms. The van der Waals surface area contributed by atoms with E-state index in [2.05, 4.69) is 18.7 Å². The van der Waals surface area contributed by atoms with Gasteiger partial charge in [0.05, 0.1) is 5.25 Å². The first-order valence-electron chi connectivity index (χ1n) is 6.64. The Hall–Kier alpha value is -0.130. The van der Waals surface area contributed by atoms with Crippen molar-refractivity contribution in [1.29, 1.82) is 0 Å². The summed E-state index contributed by atoms with van der Waals surface area (Å²) >= 11 is 0. The minimum Gasteiger partial charge on any atom is -0.298 e. The smallest absolute Gasteiger partial charge is 0.217 e. The molecule has 3 heterocycles. The molecule has 0 N–H and O–H groups in total. The van der Waals surface area contributed by atoms with Gasteiger partial charge in [0.1, 0.15) is 0 Å². The van der Waals surface area contributed by atoms with Gasteiger partial charge >= 0.3 is 0 Å². The summed E-state index contributed by atoms with van der Waals surface area (Å²) in [6.45, 7) is 9.94. The minimum absolute atomic E-state index is 0.232. The molecule has 0 radical (unpaired) electrons. The summed E-state index contributed by atoms with van der Waals surface area (Å²) in [5.74, 6) is 0. The van der Waals surface area contributed by atoms with Gasteiger partial charge in [-0.15, -0.1) is 0 Å². The van der Waals surface area contributed by atoms with Gasteiger partial charge in [-0.1, -0.05) is 6.92 Å². The molecular weight excluding hydrogens is 236 g/mol. The Labute approximate surface area is 105 Å². The third-order valence-electron chi connectivity index (χ3n) is 4.26. The first-order valence-corrected chi connectivity index (χ1v) is 8.14. The van der Waals surface area contributed by atoms with E-state index in [0.29, 0.717) is 12.5 Å². The molecule has 17 heavy (non-hydrogen) atoms. The molecule has 3 rings (SSSR count). The molecule has 3 unspecified atom stereocenters. The molecule has 3 saturated heterocycles. The van der Waals surface area contributed by atoms with Gasteiger partial charge < -0.3 is 0 Å². The summed E-state index contributed by atoms with van der Waals surface area (Å²) < 4.78 is 26.5. The van der Waals surface area contributed by atoms with E-state index in [9.17, 15) is 8.42 Å². The summed E-state index contributed by atoms with van der Waals surface area (Å²) in [4.78, 5) is 2.39. The molecule has 0 aromatic heterocycles. The van der Waals surface area contributed by atoms with Crippen LogP contribution in [0.5, 0.6) is 0 Å². The summed E-state index contributed by atoms with van der Waals surface area (Å²) in [5.41, 5.74) is 0. The second-order valence-electron chi connectivity index (χ2n) is 5.68. The minimum atomic E-state index is -3.05. The van der Waals surface area contributed by atoms with Crippen molar-refractivity contribution in [2.24, 2.45) is 0 Å². The fourth-order valence-corrected chi connectivity index (χ4v) is 4.84. The zero-order valence-electron chi connectivity index (χ0n) is 11.3. The van der Waals surface area contributed by atoms with Crippen molar-refractivity contribution in [2.75, 3.05) is 13.1 Å². The van der Waals surface area contributed by atoms with E-state index in [0.717, 1.165) is 19.5 Å². The molecule has 0 spiro atoms. The van der Waals surface area contributed by atoms with E-state index in [1.54, 1.807) is 4.31 Å². The van der Waals surface area contributed by atoms with Crippen molar-refractivity contribution < 1.29 is 8.42 Å². The highest BCUT2D eigenvalue weighted by atomic mass is 32.2. The number of hydrogen-bond acceptors (Lipinski definition) is 3. The third-order valence-corrected chi connectivity index (χ3v) is 6.80. The second kappa shape index (κ2) is 4.52. The zero-order valence-corrected chi connectivity index (χ0v) is 12.1. The Balaban J connectivity index is 2.09. The topological polar surface area (TPSA) is 40.6 Å². The number of piperazine rings is 1. The van der Waals surface area contributed by atoms with E-state index < -0.39 is 10.0 Å². The lowest BCUT2D eigenvalue weighted by Gasteiger charge is -2.56. The molecule has 0 aromatic carbocycles. The molecule has 100 valence electrons. The van der Waals surface area contributed by atoms with Crippen molar-refractivity contribution in [2.45, 2.75) is 63.9 Å². The van der Waals surface area contributed by atoms with Gasteiger partial charge in [-0.05, 0) is 33.6 Å². The maximum absolute atomic E-state index is 12.3. The maximum atomic E-state index is 12.3. The van der Waals surface area contributed by atoms with E-state index in [1.165, 1.54) is 0 Å². The van der Waals surface area contributed by atoms with Crippen molar-refractivity contribution in [3.63, 3.8) is 0 Å². The van der Waals surface area contributed by atoms with Crippen LogP contribution in [0.4, 0.5) is 0 Å². The summed E-state index contributed by atoms with van der Waals surface area (Å²) in [6, 6.07) is 0.985. The molecule has 0 aromatic rings. The molecule has 5 heteroatoms. The number of hydrogen-bond donors (Lipinski definition) is 0. The van der Waals surface area contributed by atoms with Crippen LogP contribution in [0, 0.1) is 0 Å². The molecule has 0 amide bonds. The highest BCUT2D eigenvalue weighted by molar-refractivity contribution is 7.89. The average Bonchev–Trinajstić information content (AvgIpc) is 2.27. The van der Waals surface area contributed by atoms with Crippen LogP contribution in [0.3, 0.4) is 0 Å². The van der Waals surface area contributed by atoms with Gasteiger partial charge in [-0.2, -0.15) is 4.31 Å². The van der Waals surface area contributed by atoms with E-state index in [1.807, 2.05) is 13.8 Å². The summed E-state index contributed by atoms with van der Waals surface area (Å²) in [6.07, 6.45) is 1.76. The van der Waals surface area contributed by atoms with Crippen molar-refractivity contribution in [3.8, 4) is 0 Å². The fraction of sp³-hybridized carbons (Fsp3) is 1.00. The van der Waals surface area contributed by atoms with Crippen molar-refractivity contribution in [1.82, 2.24) is 9.21 Å². The monoisotopic (exact) mass is 260 g/mol. The van der Waals surface area contributed by atoms with Crippen LogP contribution in [0.15, 0.2) is 0 Å². The molecule has 0 saturated carbocycles. The zero-order chi connectivity index (χ0) is 12.8. The molecular formula is C12H24N2O2S. The Morgan fingerprint density at radius 3 is 2.12 bits per heavy atom. The predicted octanol–water partition coefficient (Wildman–Crippen LogP) is 1.28. The SMILES string of the molecule is CCC(C)S(=O)(=O)N1C2CC1CN(C(C)C)C2. The summed E-state index contributed by atoms with van der Waals surface area (Å²) in [5, 5.41) is -0.238. The first kappa shape index (κ1) is 13.3. The summed E-state index contributed by atoms with van der Waals surface area (Å²) in [7, 11) is -3.05. The predicted molar refractivity (Wildman–Crippen MR) is 69.4 cm³/mol. The van der Waals surface area contributed by atoms with Gasteiger partial charge in [0.25, 0.3) is 0 Å². The molecule has 3 aliphatic heterocycles. The standard InChI is InChI=1S/C12H24N2O2S/c1-5-10(4)17(15,16)14-11-6-12(14)8-13(7-11)9(2)3/h9-12H,5-8H2,1-4H3. The van der Waals surface area contributed by atoms with Crippen LogP contribution >= 0.6 is 0 Å². The van der Waals surface area contributed by atoms with Gasteiger partial charge in [0.2, 0.25) is 10.0 Å². The maximum Gasteiger partial charge on any atom is 0.217 e. The van der Waals surface area contributed by atoms with Crippen molar-refractivity contribution >= 4 is 10.0 Å². The Bertz CT molecular complexity index is 368. The van der Waals surface area contributed by atoms with E-state index >= 15 is 0 Å². The first-order chi connectivity index (χ1) is 7.87. The van der Waals surface area contributed by atoms with E-state index in [4.69, 9.17) is 0 Å². The molecule has 3 fully saturated rings. The van der Waals surface area contributed by atoms with Crippen LogP contribution in [-0.2, 0) is 10.0 Å². The highest BCUT2D eigenvalue weighted by Crippen LogP contribution is 2.37. The lowest BCUT2D eigenvalue weighted by Crippen LogP contribution is -2.71. The number of piperidine rings is 1. The number of sulfonamides is 1. The van der Waals surface area contributed by atoms with Crippen LogP contribution in [0.1, 0.15) is 40.5 Å². The quantitative estimate of drug-likeness (QED) is 0.764. The van der Waals surface area contributed by atoms with Gasteiger partial charge in [-0.3, -0.25) is 4.90 Å². The Kier molecular flexibility index (Phi) is 3.54. The molecule has 3 aliphatic rings. The lowest BCUT2D eigenvalue weighted by atomic mass is 9.90. The van der Waals surface area contributed by atoms with Gasteiger partial charge in [-0.25, -0.2) is 8.42 Å². The van der Waals surface area contributed by atoms with Crippen LogP contribution < -0.4 is 0 Å². The van der Waals surface area contributed by atoms with Gasteiger partial charge in [0, 0.05) is 31.2 Å². The van der Waals surface area contributed by atoms with Crippen LogP contribution in [0.25, 0.3) is 0 Å². The Morgan fingerprint density at radius 2 is 1.71 bits per heavy atom. The number of fused-ring (bicyclic) bond motifs is 2. The highest BCUT2D eigenvalue weighted by Gasteiger charge is 2.51. The lowest BCUT2D eigenvalue weighted by molar-refractivity contribution is -0.0206. The number of nitrogens with zero attached hydrogens (tertiary/aromatic N) is 2. The van der Waals surface area contributed by atoms with E-state index in [-0.39, 0.29) is 17.3 Å². The van der Waals surface area contributed by atoms with Crippen LogP contribution in [-0.4, -0.2) is 54.1 Å². The molecule has 3 atom stereocenters. The normalized spacial score (nSPS) is 32.5.